The van der Waals surface area contributed by atoms with Crippen LogP contribution < -0.4 is 5.46 Å². The Kier molecular flexibility index (Phi) is 3.91. The monoisotopic (exact) mass is 283 g/mol. The largest absolute Gasteiger partial charge is 0.496 e. The first-order valence-corrected chi connectivity index (χ1v) is 6.72. The molecule has 0 aromatic carbocycles. The molecular formula is C14H20BF2NO2. The van der Waals surface area contributed by atoms with Gasteiger partial charge in [-0.05, 0) is 40.7 Å². The van der Waals surface area contributed by atoms with Gasteiger partial charge >= 0.3 is 7.12 Å². The number of aryl methyl sites for hydroxylation is 1. The molecule has 110 valence electrons. The number of hydrogen-bond acceptors (Lipinski definition) is 3. The molecule has 1 aliphatic heterocycles. The van der Waals surface area contributed by atoms with Crippen LogP contribution in [0.15, 0.2) is 12.1 Å². The van der Waals surface area contributed by atoms with Gasteiger partial charge in [0.05, 0.1) is 17.6 Å². The van der Waals surface area contributed by atoms with Crippen molar-refractivity contribution in [1.82, 2.24) is 4.98 Å². The standard InChI is InChI=1S/C14H20BF2NO2/c1-9-6-7-10(11(18-9)8-12(16)17)15-19-13(2,3)14(4,5)20-15/h6-7,12H,8H2,1-5H3. The Hall–Kier alpha value is -1.01. The minimum atomic E-state index is -2.44. The van der Waals surface area contributed by atoms with Crippen LogP contribution in [0.5, 0.6) is 0 Å². The van der Waals surface area contributed by atoms with Crippen molar-refractivity contribution < 1.29 is 18.1 Å². The first-order chi connectivity index (χ1) is 9.12. The van der Waals surface area contributed by atoms with Crippen LogP contribution in [0.1, 0.15) is 39.1 Å². The molecule has 0 radical (unpaired) electrons. The number of hydrogen-bond donors (Lipinski definition) is 0. The van der Waals surface area contributed by atoms with E-state index >= 15 is 0 Å². The molecule has 1 saturated heterocycles. The smallest absolute Gasteiger partial charge is 0.399 e. The lowest BCUT2D eigenvalue weighted by Crippen LogP contribution is -2.41. The Morgan fingerprint density at radius 1 is 1.15 bits per heavy atom. The highest BCUT2D eigenvalue weighted by molar-refractivity contribution is 6.62. The van der Waals surface area contributed by atoms with E-state index in [1.165, 1.54) is 0 Å². The van der Waals surface area contributed by atoms with E-state index in [-0.39, 0.29) is 6.42 Å². The second-order valence-corrected chi connectivity index (χ2v) is 6.17. The van der Waals surface area contributed by atoms with Crippen LogP contribution in [0.2, 0.25) is 0 Å². The number of rotatable bonds is 3. The molecule has 1 aliphatic rings. The normalized spacial score (nSPS) is 20.7. The average Bonchev–Trinajstić information content (AvgIpc) is 2.46. The van der Waals surface area contributed by atoms with Crippen molar-refractivity contribution in [2.24, 2.45) is 0 Å². The third-order valence-electron chi connectivity index (χ3n) is 4.00. The third kappa shape index (κ3) is 2.86. The fourth-order valence-corrected chi connectivity index (χ4v) is 2.12. The summed E-state index contributed by atoms with van der Waals surface area (Å²) >= 11 is 0. The fourth-order valence-electron chi connectivity index (χ4n) is 2.12. The number of pyridine rings is 1. The number of alkyl halides is 2. The predicted molar refractivity (Wildman–Crippen MR) is 74.4 cm³/mol. The molecule has 0 amide bonds. The summed E-state index contributed by atoms with van der Waals surface area (Å²) in [6, 6.07) is 3.55. The summed E-state index contributed by atoms with van der Waals surface area (Å²) in [5.74, 6) is 0. The van der Waals surface area contributed by atoms with Crippen LogP contribution >= 0.6 is 0 Å². The molecule has 0 saturated carbocycles. The van der Waals surface area contributed by atoms with Gasteiger partial charge in [0.2, 0.25) is 6.43 Å². The molecule has 6 heteroatoms. The van der Waals surface area contributed by atoms with E-state index in [2.05, 4.69) is 4.98 Å². The summed E-state index contributed by atoms with van der Waals surface area (Å²) in [5.41, 5.74) is 0.656. The zero-order valence-electron chi connectivity index (χ0n) is 12.5. The van der Waals surface area contributed by atoms with Crippen LogP contribution in [0.4, 0.5) is 8.78 Å². The molecule has 0 aliphatic carbocycles. The van der Waals surface area contributed by atoms with Crippen molar-refractivity contribution in [1.29, 1.82) is 0 Å². The van der Waals surface area contributed by atoms with Crippen molar-refractivity contribution in [3.8, 4) is 0 Å². The van der Waals surface area contributed by atoms with Gasteiger partial charge in [0.1, 0.15) is 0 Å². The van der Waals surface area contributed by atoms with Crippen molar-refractivity contribution in [3.63, 3.8) is 0 Å². The van der Waals surface area contributed by atoms with Crippen molar-refractivity contribution in [2.75, 3.05) is 0 Å². The van der Waals surface area contributed by atoms with Gasteiger partial charge in [-0.2, -0.15) is 0 Å². The van der Waals surface area contributed by atoms with Crippen LogP contribution in [0, 0.1) is 6.92 Å². The third-order valence-corrected chi connectivity index (χ3v) is 4.00. The lowest BCUT2D eigenvalue weighted by molar-refractivity contribution is 0.00578. The summed E-state index contributed by atoms with van der Waals surface area (Å²) in [5, 5.41) is 0. The van der Waals surface area contributed by atoms with Gasteiger partial charge in [-0.3, -0.25) is 4.98 Å². The molecule has 0 N–H and O–H groups in total. The van der Waals surface area contributed by atoms with E-state index in [9.17, 15) is 8.78 Å². The van der Waals surface area contributed by atoms with Crippen molar-refractivity contribution in [3.05, 3.63) is 23.5 Å². The van der Waals surface area contributed by atoms with Crippen LogP contribution in [-0.4, -0.2) is 29.7 Å². The zero-order chi connectivity index (χ0) is 15.1. The van der Waals surface area contributed by atoms with Gasteiger partial charge in [-0.15, -0.1) is 0 Å². The van der Waals surface area contributed by atoms with Crippen LogP contribution in [0.25, 0.3) is 0 Å². The molecule has 0 unspecified atom stereocenters. The molecule has 1 aromatic heterocycles. The van der Waals surface area contributed by atoms with Crippen LogP contribution in [0.3, 0.4) is 0 Å². The SMILES string of the molecule is Cc1ccc(B2OC(C)(C)C(C)(C)O2)c(CC(F)F)n1. The van der Waals surface area contributed by atoms with Gasteiger partial charge in [0, 0.05) is 16.9 Å². The van der Waals surface area contributed by atoms with Gasteiger partial charge in [0.25, 0.3) is 0 Å². The second kappa shape index (κ2) is 5.08. The van der Waals surface area contributed by atoms with Gasteiger partial charge in [-0.1, -0.05) is 6.07 Å². The molecule has 0 spiro atoms. The van der Waals surface area contributed by atoms with Gasteiger partial charge in [-0.25, -0.2) is 8.78 Å². The summed E-state index contributed by atoms with van der Waals surface area (Å²) in [6.45, 7) is 9.51. The quantitative estimate of drug-likeness (QED) is 0.799. The number of nitrogens with zero attached hydrogens (tertiary/aromatic N) is 1. The first kappa shape index (κ1) is 15.4. The average molecular weight is 283 g/mol. The molecule has 3 nitrogen and oxygen atoms in total. The van der Waals surface area contributed by atoms with E-state index in [4.69, 9.17) is 9.31 Å². The first-order valence-electron chi connectivity index (χ1n) is 6.72. The van der Waals surface area contributed by atoms with Crippen LogP contribution in [-0.2, 0) is 15.7 Å². The minimum Gasteiger partial charge on any atom is -0.399 e. The molecule has 20 heavy (non-hydrogen) atoms. The Morgan fingerprint density at radius 3 is 2.20 bits per heavy atom. The Balaban J connectivity index is 2.34. The highest BCUT2D eigenvalue weighted by atomic mass is 19.3. The lowest BCUT2D eigenvalue weighted by atomic mass is 9.77. The Morgan fingerprint density at radius 2 is 1.70 bits per heavy atom. The minimum absolute atomic E-state index is 0.346. The molecule has 1 fully saturated rings. The maximum Gasteiger partial charge on any atom is 0.496 e. The molecule has 2 rings (SSSR count). The van der Waals surface area contributed by atoms with Crippen molar-refractivity contribution >= 4 is 12.6 Å². The Labute approximate surface area is 118 Å². The summed E-state index contributed by atoms with van der Waals surface area (Å²) < 4.78 is 37.2. The van der Waals surface area contributed by atoms with Gasteiger partial charge in [0.15, 0.2) is 0 Å². The molecule has 0 bridgehead atoms. The number of aromatic nitrogens is 1. The van der Waals surface area contributed by atoms with Gasteiger partial charge < -0.3 is 9.31 Å². The zero-order valence-corrected chi connectivity index (χ0v) is 12.5. The molecule has 0 atom stereocenters. The van der Waals surface area contributed by atoms with E-state index in [0.29, 0.717) is 16.9 Å². The van der Waals surface area contributed by atoms with E-state index in [1.54, 1.807) is 19.1 Å². The summed E-state index contributed by atoms with van der Waals surface area (Å²) in [4.78, 5) is 4.21. The maximum atomic E-state index is 12.7. The van der Waals surface area contributed by atoms with E-state index in [0.717, 1.165) is 0 Å². The van der Waals surface area contributed by atoms with E-state index < -0.39 is 24.7 Å². The fraction of sp³-hybridized carbons (Fsp3) is 0.643. The molecule has 1 aromatic rings. The lowest BCUT2D eigenvalue weighted by Gasteiger charge is -2.32. The van der Waals surface area contributed by atoms with Crippen molar-refractivity contribution in [2.45, 2.75) is 58.7 Å². The topological polar surface area (TPSA) is 31.4 Å². The number of halogens is 2. The molecular weight excluding hydrogens is 263 g/mol. The summed E-state index contributed by atoms with van der Waals surface area (Å²) in [7, 11) is -0.651. The highest BCUT2D eigenvalue weighted by Gasteiger charge is 2.52. The Bertz CT molecular complexity index is 490. The maximum absolute atomic E-state index is 12.7. The predicted octanol–water partition coefficient (Wildman–Crippen LogP) is 2.50. The second-order valence-electron chi connectivity index (χ2n) is 6.17. The summed E-state index contributed by atoms with van der Waals surface area (Å²) in [6.07, 6.45) is -2.83. The molecule has 2 heterocycles. The van der Waals surface area contributed by atoms with E-state index in [1.807, 2.05) is 27.7 Å². The highest BCUT2D eigenvalue weighted by Crippen LogP contribution is 2.36.